The van der Waals surface area contributed by atoms with Crippen molar-refractivity contribution in [3.63, 3.8) is 0 Å². The highest BCUT2D eigenvalue weighted by Crippen LogP contribution is 2.11. The van der Waals surface area contributed by atoms with Gasteiger partial charge in [0.2, 0.25) is 0 Å². The maximum Gasteiger partial charge on any atom is 0.147 e. The smallest absolute Gasteiger partial charge is 0.147 e. The summed E-state index contributed by atoms with van der Waals surface area (Å²) in [6.45, 7) is 11.6. The average molecular weight is 262 g/mol. The minimum absolute atomic E-state index is 0.0898. The van der Waals surface area contributed by atoms with E-state index in [2.05, 4.69) is 36.2 Å². The van der Waals surface area contributed by atoms with Gasteiger partial charge in [-0.2, -0.15) is 5.10 Å². The molecular formula is C14H22N4O. The zero-order valence-electron chi connectivity index (χ0n) is 12.3. The van der Waals surface area contributed by atoms with E-state index in [1.807, 2.05) is 30.7 Å². The number of aromatic nitrogens is 3. The molecule has 0 amide bonds. The van der Waals surface area contributed by atoms with Crippen molar-refractivity contribution in [3.05, 3.63) is 35.3 Å². The Kier molecular flexibility index (Phi) is 3.75. The molecule has 2 aromatic heterocycles. The highest BCUT2D eigenvalue weighted by atomic mass is 16.3. The first-order chi connectivity index (χ1) is 8.83. The molecule has 0 aliphatic heterocycles. The van der Waals surface area contributed by atoms with Gasteiger partial charge in [0.1, 0.15) is 29.7 Å². The van der Waals surface area contributed by atoms with E-state index in [0.29, 0.717) is 6.54 Å². The number of nitrogens with zero attached hydrogens (tertiary/aromatic N) is 3. The Labute approximate surface area is 114 Å². The molecule has 1 N–H and O–H groups in total. The van der Waals surface area contributed by atoms with Gasteiger partial charge in [0.15, 0.2) is 0 Å². The summed E-state index contributed by atoms with van der Waals surface area (Å²) in [5.74, 6) is 3.54. The van der Waals surface area contributed by atoms with Crippen LogP contribution in [0.4, 0.5) is 0 Å². The quantitative estimate of drug-likeness (QED) is 0.919. The van der Waals surface area contributed by atoms with E-state index >= 15 is 0 Å². The van der Waals surface area contributed by atoms with Crippen LogP contribution in [0.1, 0.15) is 43.9 Å². The maximum atomic E-state index is 5.80. The van der Waals surface area contributed by atoms with Crippen molar-refractivity contribution in [1.82, 2.24) is 20.1 Å². The Morgan fingerprint density at radius 3 is 2.47 bits per heavy atom. The van der Waals surface area contributed by atoms with E-state index in [4.69, 9.17) is 4.42 Å². The third-order valence-electron chi connectivity index (χ3n) is 2.78. The van der Waals surface area contributed by atoms with E-state index in [9.17, 15) is 0 Å². The molecule has 0 atom stereocenters. The van der Waals surface area contributed by atoms with Crippen LogP contribution in [0.2, 0.25) is 0 Å². The maximum absolute atomic E-state index is 5.80. The molecule has 0 spiro atoms. The molecule has 5 nitrogen and oxygen atoms in total. The molecule has 0 bridgehead atoms. The molecule has 0 radical (unpaired) electrons. The van der Waals surface area contributed by atoms with Crippen LogP contribution in [0.5, 0.6) is 0 Å². The summed E-state index contributed by atoms with van der Waals surface area (Å²) in [5, 5.41) is 7.73. The molecule has 0 aliphatic carbocycles. The van der Waals surface area contributed by atoms with Gasteiger partial charge in [0.25, 0.3) is 0 Å². The summed E-state index contributed by atoms with van der Waals surface area (Å²) in [7, 11) is 0. The predicted octanol–water partition coefficient (Wildman–Crippen LogP) is 2.42. The van der Waals surface area contributed by atoms with Crippen LogP contribution in [0.3, 0.4) is 0 Å². The number of hydrogen-bond donors (Lipinski definition) is 1. The van der Waals surface area contributed by atoms with Crippen molar-refractivity contribution in [1.29, 1.82) is 0 Å². The highest BCUT2D eigenvalue weighted by molar-refractivity contribution is 5.08. The topological polar surface area (TPSA) is 55.9 Å². The molecule has 104 valence electrons. The molecule has 0 saturated carbocycles. The minimum Gasteiger partial charge on any atom is -0.463 e. The van der Waals surface area contributed by atoms with Crippen LogP contribution in [0.15, 0.2) is 16.5 Å². The second-order valence-corrected chi connectivity index (χ2v) is 5.84. The molecule has 0 saturated heterocycles. The van der Waals surface area contributed by atoms with Crippen LogP contribution >= 0.6 is 0 Å². The van der Waals surface area contributed by atoms with Gasteiger partial charge in [-0.05, 0) is 46.8 Å². The van der Waals surface area contributed by atoms with Crippen molar-refractivity contribution < 1.29 is 4.42 Å². The second-order valence-electron chi connectivity index (χ2n) is 5.84. The van der Waals surface area contributed by atoms with E-state index in [1.165, 1.54) is 0 Å². The summed E-state index contributed by atoms with van der Waals surface area (Å²) in [6.07, 6.45) is 0. The first-order valence-corrected chi connectivity index (χ1v) is 6.54. The fourth-order valence-electron chi connectivity index (χ4n) is 1.81. The van der Waals surface area contributed by atoms with Gasteiger partial charge in [-0.15, -0.1) is 0 Å². The SMILES string of the molecule is Cc1nc(C)n(Cc2ccc(CNC(C)(C)C)o2)n1. The Bertz CT molecular complexity index is 548. The standard InChI is InChI=1S/C14H22N4O/c1-10-16-11(2)18(17-10)9-13-7-6-12(19-13)8-15-14(3,4)5/h6-7,15H,8-9H2,1-5H3. The van der Waals surface area contributed by atoms with Gasteiger partial charge in [-0.25, -0.2) is 9.67 Å². The Balaban J connectivity index is 1.99. The molecule has 2 heterocycles. The van der Waals surface area contributed by atoms with E-state index in [-0.39, 0.29) is 5.54 Å². The van der Waals surface area contributed by atoms with Gasteiger partial charge in [-0.3, -0.25) is 0 Å². The van der Waals surface area contributed by atoms with Gasteiger partial charge < -0.3 is 9.73 Å². The van der Waals surface area contributed by atoms with Crippen molar-refractivity contribution in [2.45, 2.75) is 53.2 Å². The van der Waals surface area contributed by atoms with E-state index in [0.717, 1.165) is 29.7 Å². The van der Waals surface area contributed by atoms with Gasteiger partial charge >= 0.3 is 0 Å². The molecule has 0 aliphatic rings. The molecule has 2 aromatic rings. The largest absolute Gasteiger partial charge is 0.463 e. The van der Waals surface area contributed by atoms with Gasteiger partial charge in [0.05, 0.1) is 6.54 Å². The normalized spacial score (nSPS) is 12.1. The van der Waals surface area contributed by atoms with E-state index in [1.54, 1.807) is 0 Å². The third-order valence-corrected chi connectivity index (χ3v) is 2.78. The molecular weight excluding hydrogens is 240 g/mol. The molecule has 0 fully saturated rings. The Morgan fingerprint density at radius 2 is 1.89 bits per heavy atom. The van der Waals surface area contributed by atoms with Gasteiger partial charge in [0, 0.05) is 5.54 Å². The first-order valence-electron chi connectivity index (χ1n) is 6.54. The van der Waals surface area contributed by atoms with E-state index < -0.39 is 0 Å². The van der Waals surface area contributed by atoms with Crippen LogP contribution in [-0.4, -0.2) is 20.3 Å². The number of nitrogens with one attached hydrogen (secondary N) is 1. The van der Waals surface area contributed by atoms with Crippen molar-refractivity contribution in [2.75, 3.05) is 0 Å². The van der Waals surface area contributed by atoms with Crippen LogP contribution in [-0.2, 0) is 13.1 Å². The molecule has 5 heteroatoms. The fourth-order valence-corrected chi connectivity index (χ4v) is 1.81. The lowest BCUT2D eigenvalue weighted by Gasteiger charge is -2.19. The zero-order valence-corrected chi connectivity index (χ0v) is 12.3. The molecule has 2 rings (SSSR count). The van der Waals surface area contributed by atoms with Gasteiger partial charge in [-0.1, -0.05) is 0 Å². The van der Waals surface area contributed by atoms with Crippen LogP contribution < -0.4 is 5.32 Å². The van der Waals surface area contributed by atoms with Crippen molar-refractivity contribution in [3.8, 4) is 0 Å². The second kappa shape index (κ2) is 5.17. The summed E-state index contributed by atoms with van der Waals surface area (Å²) in [4.78, 5) is 4.28. The molecule has 0 aromatic carbocycles. The van der Waals surface area contributed by atoms with Crippen LogP contribution in [0, 0.1) is 13.8 Å². The lowest BCUT2D eigenvalue weighted by atomic mass is 10.1. The minimum atomic E-state index is 0.0898. The highest BCUT2D eigenvalue weighted by Gasteiger charge is 2.11. The average Bonchev–Trinajstić information content (AvgIpc) is 2.83. The molecule has 0 unspecified atom stereocenters. The Hall–Kier alpha value is -1.62. The summed E-state index contributed by atoms with van der Waals surface area (Å²) in [6, 6.07) is 4.00. The fraction of sp³-hybridized carbons (Fsp3) is 0.571. The monoisotopic (exact) mass is 262 g/mol. The third kappa shape index (κ3) is 3.92. The Morgan fingerprint density at radius 1 is 1.21 bits per heavy atom. The number of rotatable bonds is 4. The lowest BCUT2D eigenvalue weighted by Crippen LogP contribution is -2.34. The number of aryl methyl sites for hydroxylation is 2. The molecule has 19 heavy (non-hydrogen) atoms. The zero-order chi connectivity index (χ0) is 14.0. The predicted molar refractivity (Wildman–Crippen MR) is 73.9 cm³/mol. The summed E-state index contributed by atoms with van der Waals surface area (Å²) >= 11 is 0. The van der Waals surface area contributed by atoms with Crippen LogP contribution in [0.25, 0.3) is 0 Å². The number of hydrogen-bond acceptors (Lipinski definition) is 4. The van der Waals surface area contributed by atoms with Crippen molar-refractivity contribution in [2.24, 2.45) is 0 Å². The summed E-state index contributed by atoms with van der Waals surface area (Å²) in [5.41, 5.74) is 0.0898. The number of furan rings is 1. The summed E-state index contributed by atoms with van der Waals surface area (Å²) < 4.78 is 7.65. The lowest BCUT2D eigenvalue weighted by molar-refractivity contribution is 0.373. The first kappa shape index (κ1) is 13.8. The van der Waals surface area contributed by atoms with Crippen molar-refractivity contribution >= 4 is 0 Å².